The molecular formula is C26H42Zn. The van der Waals surface area contributed by atoms with Gasteiger partial charge in [-0.05, 0) is 0 Å². The topological polar surface area (TPSA) is 0 Å². The normalized spacial score (nSPS) is 21.7. The predicted octanol–water partition coefficient (Wildman–Crippen LogP) is 9.14. The quantitative estimate of drug-likeness (QED) is 0.344. The second kappa shape index (κ2) is 8.53. The molecule has 2 aliphatic carbocycles. The predicted molar refractivity (Wildman–Crippen MR) is 118 cm³/mol. The molecule has 0 spiro atoms. The van der Waals surface area contributed by atoms with Crippen LogP contribution in [0.2, 0.25) is 8.02 Å². The number of hydrogen-bond donors (Lipinski definition) is 0. The summed E-state index contributed by atoms with van der Waals surface area (Å²) in [7, 11) is 0. The molecule has 27 heavy (non-hydrogen) atoms. The Labute approximate surface area is 177 Å². The average Bonchev–Trinajstić information content (AvgIpc) is 2.92. The second-order valence-electron chi connectivity index (χ2n) is 9.55. The molecule has 0 fully saturated rings. The molecule has 0 radical (unpaired) electrons. The molecule has 0 bridgehead atoms. The molecule has 0 aliphatic heterocycles. The van der Waals surface area contributed by atoms with Crippen molar-refractivity contribution in [3.8, 4) is 0 Å². The number of unbranched alkanes of at least 4 members (excludes halogenated alkanes) is 2. The first-order valence-electron chi connectivity index (χ1n) is 11.3. The van der Waals surface area contributed by atoms with Gasteiger partial charge in [0.05, 0.1) is 0 Å². The molecule has 0 aromatic carbocycles. The molecule has 0 saturated carbocycles. The van der Waals surface area contributed by atoms with Crippen molar-refractivity contribution in [2.75, 3.05) is 0 Å². The van der Waals surface area contributed by atoms with Crippen molar-refractivity contribution in [3.63, 3.8) is 0 Å². The summed E-state index contributed by atoms with van der Waals surface area (Å²) in [5, 5.41) is 0. The average molecular weight is 420 g/mol. The van der Waals surface area contributed by atoms with E-state index in [1.54, 1.807) is 44.6 Å². The molecule has 0 N–H and O–H groups in total. The van der Waals surface area contributed by atoms with Gasteiger partial charge in [-0.2, -0.15) is 0 Å². The third-order valence-electron chi connectivity index (χ3n) is 8.76. The van der Waals surface area contributed by atoms with Crippen LogP contribution in [-0.2, 0) is 17.1 Å². The Morgan fingerprint density at radius 3 is 1.00 bits per heavy atom. The Morgan fingerprint density at radius 2 is 0.778 bits per heavy atom. The van der Waals surface area contributed by atoms with Crippen molar-refractivity contribution in [2.24, 2.45) is 0 Å². The molecule has 0 aromatic heterocycles. The summed E-state index contributed by atoms with van der Waals surface area (Å²) in [6.07, 6.45) is 8.14. The van der Waals surface area contributed by atoms with Gasteiger partial charge >= 0.3 is 177 Å². The first-order valence-corrected chi connectivity index (χ1v) is 14.3. The van der Waals surface area contributed by atoms with E-state index in [0.29, 0.717) is 8.02 Å². The van der Waals surface area contributed by atoms with Crippen molar-refractivity contribution < 1.29 is 17.1 Å². The van der Waals surface area contributed by atoms with Crippen LogP contribution in [0.15, 0.2) is 44.6 Å². The van der Waals surface area contributed by atoms with Gasteiger partial charge in [-0.15, -0.1) is 0 Å². The van der Waals surface area contributed by atoms with Gasteiger partial charge in [0.1, 0.15) is 0 Å². The maximum atomic E-state index is 2.48. The van der Waals surface area contributed by atoms with E-state index >= 15 is 0 Å². The summed E-state index contributed by atoms with van der Waals surface area (Å²) in [6.45, 7) is 24.2. The van der Waals surface area contributed by atoms with E-state index in [1.165, 1.54) is 38.5 Å². The number of hydrogen-bond acceptors (Lipinski definition) is 0. The molecule has 0 saturated heterocycles. The van der Waals surface area contributed by atoms with Gasteiger partial charge in [0.2, 0.25) is 0 Å². The molecule has 0 aromatic rings. The summed E-state index contributed by atoms with van der Waals surface area (Å²) in [5.74, 6) is 0. The van der Waals surface area contributed by atoms with Crippen molar-refractivity contribution in [1.82, 2.24) is 0 Å². The van der Waals surface area contributed by atoms with Crippen LogP contribution in [0.3, 0.4) is 0 Å². The van der Waals surface area contributed by atoms with Gasteiger partial charge in [0.15, 0.2) is 0 Å². The minimum atomic E-state index is -1.04. The molecule has 0 nitrogen and oxygen atoms in total. The van der Waals surface area contributed by atoms with Gasteiger partial charge in [-0.25, -0.2) is 0 Å². The summed E-state index contributed by atoms with van der Waals surface area (Å²) < 4.78 is 0.886. The number of allylic oxidation sites excluding steroid dienone is 8. The van der Waals surface area contributed by atoms with Crippen LogP contribution >= 0.6 is 0 Å². The van der Waals surface area contributed by atoms with Crippen molar-refractivity contribution in [2.45, 2.75) is 116 Å². The Hall–Kier alpha value is -0.417. The zero-order valence-electron chi connectivity index (χ0n) is 19.9. The van der Waals surface area contributed by atoms with E-state index in [0.717, 1.165) is 0 Å². The van der Waals surface area contributed by atoms with Crippen LogP contribution in [0, 0.1) is 0 Å². The standard InChI is InChI=1S/2C13H21.Zn/c2*1-6-7-8-13-11(4)9(2)10(3)12(13)5;/h2*6-8H2,1-5H3;. The Morgan fingerprint density at radius 1 is 0.519 bits per heavy atom. The van der Waals surface area contributed by atoms with E-state index in [4.69, 9.17) is 0 Å². The SMILES string of the molecule is CCCC[C]1([Zn][C]2(CCCC)C(C)=C(C)C(C)=C2C)C(C)=C(C)C(C)=C1C. The van der Waals surface area contributed by atoms with E-state index < -0.39 is 17.1 Å². The molecule has 2 aliphatic rings. The van der Waals surface area contributed by atoms with Crippen LogP contribution in [0.1, 0.15) is 108 Å². The van der Waals surface area contributed by atoms with Crippen molar-refractivity contribution >= 4 is 0 Å². The summed E-state index contributed by atoms with van der Waals surface area (Å²) in [5.41, 5.74) is 13.4. The van der Waals surface area contributed by atoms with Gasteiger partial charge in [0.25, 0.3) is 0 Å². The Kier molecular flexibility index (Phi) is 7.22. The van der Waals surface area contributed by atoms with Gasteiger partial charge in [-0.3, -0.25) is 0 Å². The molecule has 0 atom stereocenters. The van der Waals surface area contributed by atoms with Crippen LogP contribution in [0.5, 0.6) is 0 Å². The van der Waals surface area contributed by atoms with E-state index in [2.05, 4.69) is 69.2 Å². The molecule has 0 heterocycles. The third kappa shape index (κ3) is 3.52. The fraction of sp³-hybridized carbons (Fsp3) is 0.692. The van der Waals surface area contributed by atoms with E-state index in [-0.39, 0.29) is 0 Å². The zero-order chi connectivity index (χ0) is 20.6. The van der Waals surface area contributed by atoms with Crippen LogP contribution in [0.4, 0.5) is 0 Å². The maximum absolute atomic E-state index is 2.48. The molecule has 148 valence electrons. The first kappa shape index (κ1) is 22.9. The van der Waals surface area contributed by atoms with Crippen molar-refractivity contribution in [3.05, 3.63) is 44.6 Å². The van der Waals surface area contributed by atoms with Gasteiger partial charge < -0.3 is 0 Å². The summed E-state index contributed by atoms with van der Waals surface area (Å²) in [4.78, 5) is 0. The monoisotopic (exact) mass is 418 g/mol. The minimum absolute atomic E-state index is 0.443. The van der Waals surface area contributed by atoms with Crippen LogP contribution in [-0.4, -0.2) is 0 Å². The van der Waals surface area contributed by atoms with E-state index in [1.807, 2.05) is 0 Å². The van der Waals surface area contributed by atoms with Gasteiger partial charge in [-0.1, -0.05) is 0 Å². The van der Waals surface area contributed by atoms with Gasteiger partial charge in [0, 0.05) is 0 Å². The van der Waals surface area contributed by atoms with E-state index in [9.17, 15) is 0 Å². The third-order valence-corrected chi connectivity index (χ3v) is 17.2. The molecule has 0 amide bonds. The second-order valence-corrected chi connectivity index (χ2v) is 15.4. The molecule has 0 unspecified atom stereocenters. The fourth-order valence-corrected chi connectivity index (χ4v) is 14.5. The summed E-state index contributed by atoms with van der Waals surface area (Å²) >= 11 is -1.04. The van der Waals surface area contributed by atoms with Crippen LogP contribution < -0.4 is 0 Å². The Bertz CT molecular complexity index is 613. The number of rotatable bonds is 8. The zero-order valence-corrected chi connectivity index (χ0v) is 22.9. The first-order chi connectivity index (χ1) is 12.6. The fourth-order valence-electron chi connectivity index (χ4n) is 6.05. The molecule has 1 heteroatoms. The molecule has 2 rings (SSSR count). The molecular weight excluding hydrogens is 378 g/mol. The summed E-state index contributed by atoms with van der Waals surface area (Å²) in [6, 6.07) is 0. The Balaban J connectivity index is 2.65. The van der Waals surface area contributed by atoms with Crippen molar-refractivity contribution in [1.29, 1.82) is 0 Å². The van der Waals surface area contributed by atoms with Crippen LogP contribution in [0.25, 0.3) is 0 Å².